The maximum absolute atomic E-state index is 11.9. The van der Waals surface area contributed by atoms with E-state index >= 15 is 0 Å². The van der Waals surface area contributed by atoms with Crippen LogP contribution in [0.4, 0.5) is 0 Å². The van der Waals surface area contributed by atoms with Crippen LogP contribution in [0.5, 0.6) is 0 Å². The molecule has 0 radical (unpaired) electrons. The molecular formula is C15H18N2O4. The fourth-order valence-corrected chi connectivity index (χ4v) is 2.19. The third kappa shape index (κ3) is 3.59. The molecule has 1 aromatic rings. The highest BCUT2D eigenvalue weighted by Gasteiger charge is 2.36. The summed E-state index contributed by atoms with van der Waals surface area (Å²) in [7, 11) is 0. The van der Waals surface area contributed by atoms with Crippen molar-refractivity contribution in [2.75, 3.05) is 19.6 Å². The van der Waals surface area contributed by atoms with Crippen LogP contribution in [0, 0.1) is 11.8 Å². The minimum absolute atomic E-state index is 0.00345. The van der Waals surface area contributed by atoms with Crippen molar-refractivity contribution >= 4 is 17.8 Å². The van der Waals surface area contributed by atoms with Crippen molar-refractivity contribution in [3.63, 3.8) is 0 Å². The molecule has 0 aliphatic carbocycles. The molecule has 2 amide bonds. The number of hydrogen-bond acceptors (Lipinski definition) is 3. The van der Waals surface area contributed by atoms with Crippen LogP contribution in [0.25, 0.3) is 0 Å². The van der Waals surface area contributed by atoms with E-state index in [0.29, 0.717) is 18.7 Å². The van der Waals surface area contributed by atoms with E-state index in [0.717, 1.165) is 0 Å². The second-order valence-electron chi connectivity index (χ2n) is 5.23. The average molecular weight is 290 g/mol. The molecule has 2 rings (SSSR count). The van der Waals surface area contributed by atoms with Crippen LogP contribution in [0.1, 0.15) is 17.3 Å². The highest BCUT2D eigenvalue weighted by molar-refractivity contribution is 5.96. The average Bonchev–Trinajstić information content (AvgIpc) is 2.43. The van der Waals surface area contributed by atoms with Gasteiger partial charge in [0.15, 0.2) is 0 Å². The largest absolute Gasteiger partial charge is 0.481 e. The molecule has 1 heterocycles. The Balaban J connectivity index is 1.75. The van der Waals surface area contributed by atoms with Gasteiger partial charge in [-0.2, -0.15) is 0 Å². The minimum atomic E-state index is -0.843. The molecule has 21 heavy (non-hydrogen) atoms. The summed E-state index contributed by atoms with van der Waals surface area (Å²) in [6, 6.07) is 8.67. The lowest BCUT2D eigenvalue weighted by Crippen LogP contribution is -2.55. The van der Waals surface area contributed by atoms with Crippen LogP contribution in [0.2, 0.25) is 0 Å². The summed E-state index contributed by atoms with van der Waals surface area (Å²) in [5.41, 5.74) is 0.506. The van der Waals surface area contributed by atoms with Crippen molar-refractivity contribution in [1.29, 1.82) is 0 Å². The van der Waals surface area contributed by atoms with Gasteiger partial charge in [0.25, 0.3) is 5.91 Å². The van der Waals surface area contributed by atoms with E-state index in [-0.39, 0.29) is 24.3 Å². The van der Waals surface area contributed by atoms with Gasteiger partial charge < -0.3 is 15.3 Å². The summed E-state index contributed by atoms with van der Waals surface area (Å²) in [5, 5.41) is 11.5. The topological polar surface area (TPSA) is 86.7 Å². The molecule has 1 aromatic carbocycles. The van der Waals surface area contributed by atoms with E-state index in [1.165, 1.54) is 0 Å². The molecule has 2 N–H and O–H groups in total. The first-order chi connectivity index (χ1) is 9.99. The molecule has 0 spiro atoms. The zero-order valence-electron chi connectivity index (χ0n) is 11.8. The fourth-order valence-electron chi connectivity index (χ4n) is 2.19. The van der Waals surface area contributed by atoms with E-state index in [1.807, 2.05) is 6.07 Å². The SMILES string of the molecule is CC(C(=O)O)C1CN(C(=O)CNC(=O)c2ccccc2)C1. The van der Waals surface area contributed by atoms with Crippen molar-refractivity contribution in [3.8, 4) is 0 Å². The van der Waals surface area contributed by atoms with Crippen LogP contribution in [-0.2, 0) is 9.59 Å². The number of aliphatic carboxylic acids is 1. The Morgan fingerprint density at radius 2 is 1.90 bits per heavy atom. The monoisotopic (exact) mass is 290 g/mol. The molecule has 1 atom stereocenters. The number of likely N-dealkylation sites (tertiary alicyclic amines) is 1. The van der Waals surface area contributed by atoms with Gasteiger partial charge in [0.05, 0.1) is 12.5 Å². The smallest absolute Gasteiger partial charge is 0.306 e. The lowest BCUT2D eigenvalue weighted by atomic mass is 9.87. The van der Waals surface area contributed by atoms with Gasteiger partial charge >= 0.3 is 5.97 Å². The summed E-state index contributed by atoms with van der Waals surface area (Å²) in [4.78, 5) is 36.0. The summed E-state index contributed by atoms with van der Waals surface area (Å²) < 4.78 is 0. The van der Waals surface area contributed by atoms with Crippen molar-refractivity contribution in [2.24, 2.45) is 11.8 Å². The minimum Gasteiger partial charge on any atom is -0.481 e. The molecule has 0 bridgehead atoms. The molecule has 1 fully saturated rings. The number of amides is 2. The number of nitrogens with one attached hydrogen (secondary N) is 1. The van der Waals surface area contributed by atoms with E-state index in [4.69, 9.17) is 5.11 Å². The molecule has 1 unspecified atom stereocenters. The van der Waals surface area contributed by atoms with Gasteiger partial charge in [-0.15, -0.1) is 0 Å². The molecule has 1 saturated heterocycles. The van der Waals surface area contributed by atoms with E-state index in [2.05, 4.69) is 5.32 Å². The highest BCUT2D eigenvalue weighted by Crippen LogP contribution is 2.23. The number of carbonyl (C=O) groups excluding carboxylic acids is 2. The molecule has 112 valence electrons. The molecule has 6 heteroatoms. The van der Waals surface area contributed by atoms with Gasteiger partial charge in [0, 0.05) is 24.6 Å². The number of hydrogen-bond donors (Lipinski definition) is 2. The first-order valence-corrected chi connectivity index (χ1v) is 6.83. The van der Waals surface area contributed by atoms with Crippen molar-refractivity contribution in [1.82, 2.24) is 10.2 Å². The molecule has 1 aliphatic heterocycles. The molecular weight excluding hydrogens is 272 g/mol. The molecule has 0 saturated carbocycles. The third-order valence-electron chi connectivity index (χ3n) is 3.80. The van der Waals surface area contributed by atoms with E-state index in [9.17, 15) is 14.4 Å². The molecule has 6 nitrogen and oxygen atoms in total. The fraction of sp³-hybridized carbons (Fsp3) is 0.400. The van der Waals surface area contributed by atoms with E-state index < -0.39 is 11.9 Å². The van der Waals surface area contributed by atoms with Crippen LogP contribution >= 0.6 is 0 Å². The second-order valence-corrected chi connectivity index (χ2v) is 5.23. The number of benzene rings is 1. The summed E-state index contributed by atoms with van der Waals surface area (Å²) in [6.45, 7) is 2.45. The van der Waals surface area contributed by atoms with Crippen LogP contribution in [-0.4, -0.2) is 47.4 Å². The third-order valence-corrected chi connectivity index (χ3v) is 3.80. The highest BCUT2D eigenvalue weighted by atomic mass is 16.4. The first kappa shape index (κ1) is 15.0. The summed E-state index contributed by atoms with van der Waals surface area (Å²) in [6.07, 6.45) is 0. The number of rotatable bonds is 5. The Hall–Kier alpha value is -2.37. The second kappa shape index (κ2) is 6.39. The number of nitrogens with zero attached hydrogens (tertiary/aromatic N) is 1. The lowest BCUT2D eigenvalue weighted by Gasteiger charge is -2.41. The number of carboxylic acids is 1. The Kier molecular flexibility index (Phi) is 4.57. The first-order valence-electron chi connectivity index (χ1n) is 6.83. The maximum atomic E-state index is 11.9. The quantitative estimate of drug-likeness (QED) is 0.831. The molecule has 1 aliphatic rings. The Morgan fingerprint density at radius 3 is 2.48 bits per heavy atom. The zero-order valence-corrected chi connectivity index (χ0v) is 11.8. The van der Waals surface area contributed by atoms with Gasteiger partial charge in [0.2, 0.25) is 5.91 Å². The Morgan fingerprint density at radius 1 is 1.29 bits per heavy atom. The van der Waals surface area contributed by atoms with Crippen molar-refractivity contribution < 1.29 is 19.5 Å². The Labute approximate surface area is 122 Å². The van der Waals surface area contributed by atoms with Crippen LogP contribution in [0.15, 0.2) is 30.3 Å². The zero-order chi connectivity index (χ0) is 15.4. The molecule has 0 aromatic heterocycles. The Bertz CT molecular complexity index is 538. The van der Waals surface area contributed by atoms with Gasteiger partial charge in [-0.25, -0.2) is 0 Å². The number of carboxylic acid groups (broad SMARTS) is 1. The van der Waals surface area contributed by atoms with E-state index in [1.54, 1.807) is 36.1 Å². The standard InChI is InChI=1S/C15H18N2O4/c1-10(15(20)21)12-8-17(9-12)13(18)7-16-14(19)11-5-3-2-4-6-11/h2-6,10,12H,7-9H2,1H3,(H,16,19)(H,20,21). The van der Waals surface area contributed by atoms with Crippen molar-refractivity contribution in [2.45, 2.75) is 6.92 Å². The maximum Gasteiger partial charge on any atom is 0.306 e. The lowest BCUT2D eigenvalue weighted by molar-refractivity contribution is -0.150. The summed E-state index contributed by atoms with van der Waals surface area (Å²) >= 11 is 0. The predicted molar refractivity (Wildman–Crippen MR) is 75.6 cm³/mol. The van der Waals surface area contributed by atoms with Crippen molar-refractivity contribution in [3.05, 3.63) is 35.9 Å². The van der Waals surface area contributed by atoms with Crippen LogP contribution in [0.3, 0.4) is 0 Å². The van der Waals surface area contributed by atoms with Crippen LogP contribution < -0.4 is 5.32 Å². The van der Waals surface area contributed by atoms with Gasteiger partial charge in [0.1, 0.15) is 0 Å². The van der Waals surface area contributed by atoms with Gasteiger partial charge in [-0.05, 0) is 12.1 Å². The summed E-state index contributed by atoms with van der Waals surface area (Å²) in [5.74, 6) is -1.78. The van der Waals surface area contributed by atoms with Gasteiger partial charge in [-0.1, -0.05) is 25.1 Å². The number of carbonyl (C=O) groups is 3. The normalized spacial score (nSPS) is 16.0. The van der Waals surface area contributed by atoms with Gasteiger partial charge in [-0.3, -0.25) is 14.4 Å². The predicted octanol–water partition coefficient (Wildman–Crippen LogP) is 0.595.